The summed E-state index contributed by atoms with van der Waals surface area (Å²) < 4.78 is 0. The first kappa shape index (κ1) is 13.7. The van der Waals surface area contributed by atoms with Gasteiger partial charge in [0.2, 0.25) is 0 Å². The zero-order valence-corrected chi connectivity index (χ0v) is 13.0. The Morgan fingerprint density at radius 3 is 2.35 bits per heavy atom. The van der Waals surface area contributed by atoms with Crippen molar-refractivity contribution in [2.45, 2.75) is 50.2 Å². The molecule has 3 nitrogen and oxygen atoms in total. The number of rotatable bonds is 3. The number of hydrogen-bond acceptors (Lipinski definition) is 3. The molecule has 1 aromatic rings. The highest BCUT2D eigenvalue weighted by molar-refractivity contribution is 5.72. The lowest BCUT2D eigenvalue weighted by Gasteiger charge is -2.51. The van der Waals surface area contributed by atoms with Crippen LogP contribution in [0.2, 0.25) is 0 Å². The molecule has 0 aromatic heterocycles. The number of nitrogens with zero attached hydrogens (tertiary/aromatic N) is 2. The highest BCUT2D eigenvalue weighted by Crippen LogP contribution is 2.41. The van der Waals surface area contributed by atoms with Crippen LogP contribution in [0.4, 0.5) is 11.4 Å². The number of nitrogens with one attached hydrogen (secondary N) is 1. The van der Waals surface area contributed by atoms with Gasteiger partial charge in [0.25, 0.3) is 0 Å². The van der Waals surface area contributed by atoms with Gasteiger partial charge in [-0.3, -0.25) is 0 Å². The summed E-state index contributed by atoms with van der Waals surface area (Å²) in [5.74, 6) is 0. The Kier molecular flexibility index (Phi) is 3.88. The Morgan fingerprint density at radius 1 is 1.10 bits per heavy atom. The number of hydrogen-bond donors (Lipinski definition) is 1. The smallest absolute Gasteiger partial charge is 0.0608 e. The van der Waals surface area contributed by atoms with E-state index in [1.54, 1.807) is 0 Å². The standard InChI is InChI=1S/C17H27N3/c1-18-13-11-14-7-6-8-15(12-13)20(14)17-10-5-4-9-16(17)19(2)3/h4-5,9-10,13-15,18H,6-8,11-12H2,1-3H3. The van der Waals surface area contributed by atoms with E-state index in [4.69, 9.17) is 0 Å². The molecule has 2 bridgehead atoms. The Bertz CT molecular complexity index is 443. The number of benzene rings is 1. The molecule has 3 rings (SSSR count). The van der Waals surface area contributed by atoms with Crippen LogP contribution in [0.5, 0.6) is 0 Å². The molecule has 20 heavy (non-hydrogen) atoms. The number of piperidine rings is 2. The third-order valence-corrected chi connectivity index (χ3v) is 5.02. The lowest BCUT2D eigenvalue weighted by atomic mass is 9.81. The van der Waals surface area contributed by atoms with Crippen LogP contribution in [-0.2, 0) is 0 Å². The van der Waals surface area contributed by atoms with Crippen LogP contribution in [-0.4, -0.2) is 39.3 Å². The summed E-state index contributed by atoms with van der Waals surface area (Å²) in [6.07, 6.45) is 6.66. The van der Waals surface area contributed by atoms with Crippen LogP contribution in [0.1, 0.15) is 32.1 Å². The summed E-state index contributed by atoms with van der Waals surface area (Å²) in [6, 6.07) is 11.0. The van der Waals surface area contributed by atoms with E-state index in [9.17, 15) is 0 Å². The van der Waals surface area contributed by atoms with Crippen molar-refractivity contribution in [3.63, 3.8) is 0 Å². The normalized spacial score (nSPS) is 29.4. The van der Waals surface area contributed by atoms with Crippen molar-refractivity contribution < 1.29 is 0 Å². The van der Waals surface area contributed by atoms with Gasteiger partial charge in [-0.05, 0) is 51.3 Å². The molecule has 0 radical (unpaired) electrons. The van der Waals surface area contributed by atoms with Crippen LogP contribution in [0.3, 0.4) is 0 Å². The van der Waals surface area contributed by atoms with Gasteiger partial charge in [0.05, 0.1) is 11.4 Å². The average Bonchev–Trinajstić information content (AvgIpc) is 2.45. The van der Waals surface area contributed by atoms with Crippen molar-refractivity contribution in [2.75, 3.05) is 30.9 Å². The van der Waals surface area contributed by atoms with Crippen molar-refractivity contribution >= 4 is 11.4 Å². The van der Waals surface area contributed by atoms with Gasteiger partial charge in [-0.25, -0.2) is 0 Å². The lowest BCUT2D eigenvalue weighted by molar-refractivity contribution is 0.252. The molecular formula is C17H27N3. The molecule has 2 aliphatic rings. The van der Waals surface area contributed by atoms with E-state index >= 15 is 0 Å². The summed E-state index contributed by atoms with van der Waals surface area (Å²) >= 11 is 0. The minimum Gasteiger partial charge on any atom is -0.376 e. The molecule has 2 saturated heterocycles. The maximum atomic E-state index is 3.50. The van der Waals surface area contributed by atoms with Crippen LogP contribution in [0.25, 0.3) is 0 Å². The van der Waals surface area contributed by atoms with E-state index in [-0.39, 0.29) is 0 Å². The van der Waals surface area contributed by atoms with E-state index in [1.165, 1.54) is 43.5 Å². The zero-order valence-electron chi connectivity index (χ0n) is 13.0. The molecule has 2 heterocycles. The van der Waals surface area contributed by atoms with E-state index in [2.05, 4.69) is 60.5 Å². The molecule has 3 heteroatoms. The summed E-state index contributed by atoms with van der Waals surface area (Å²) in [4.78, 5) is 4.97. The topological polar surface area (TPSA) is 18.5 Å². The first-order valence-corrected chi connectivity index (χ1v) is 7.92. The molecule has 0 amide bonds. The van der Waals surface area contributed by atoms with Gasteiger partial charge in [-0.15, -0.1) is 0 Å². The van der Waals surface area contributed by atoms with Crippen LogP contribution < -0.4 is 15.1 Å². The first-order valence-electron chi connectivity index (χ1n) is 7.92. The fraction of sp³-hybridized carbons (Fsp3) is 0.647. The van der Waals surface area contributed by atoms with Gasteiger partial charge in [-0.2, -0.15) is 0 Å². The maximum absolute atomic E-state index is 3.50. The second-order valence-electron chi connectivity index (χ2n) is 6.49. The van der Waals surface area contributed by atoms with Crippen LogP contribution in [0.15, 0.2) is 24.3 Å². The quantitative estimate of drug-likeness (QED) is 0.913. The molecule has 0 aliphatic carbocycles. The SMILES string of the molecule is CNC1CC2CCCC(C1)N2c1ccccc1N(C)C. The Hall–Kier alpha value is -1.22. The van der Waals surface area contributed by atoms with E-state index < -0.39 is 0 Å². The zero-order chi connectivity index (χ0) is 14.1. The summed E-state index contributed by atoms with van der Waals surface area (Å²) in [6.45, 7) is 0. The molecule has 110 valence electrons. The highest BCUT2D eigenvalue weighted by atomic mass is 15.2. The largest absolute Gasteiger partial charge is 0.376 e. The second-order valence-corrected chi connectivity index (χ2v) is 6.49. The molecule has 1 N–H and O–H groups in total. The number of fused-ring (bicyclic) bond motifs is 2. The summed E-state index contributed by atoms with van der Waals surface area (Å²) in [5, 5.41) is 3.50. The van der Waals surface area contributed by atoms with Gasteiger partial charge in [0, 0.05) is 32.2 Å². The van der Waals surface area contributed by atoms with Crippen LogP contribution in [0, 0.1) is 0 Å². The van der Waals surface area contributed by atoms with E-state index in [0.29, 0.717) is 18.1 Å². The summed E-state index contributed by atoms with van der Waals surface area (Å²) in [5.41, 5.74) is 2.79. The molecule has 2 atom stereocenters. The van der Waals surface area contributed by atoms with E-state index in [1.807, 2.05) is 0 Å². The van der Waals surface area contributed by atoms with Gasteiger partial charge in [-0.1, -0.05) is 12.1 Å². The predicted octanol–water partition coefficient (Wildman–Crippen LogP) is 2.86. The molecule has 2 unspecified atom stereocenters. The van der Waals surface area contributed by atoms with E-state index in [0.717, 1.165) is 0 Å². The fourth-order valence-electron chi connectivity index (χ4n) is 4.07. The third kappa shape index (κ3) is 2.39. The third-order valence-electron chi connectivity index (χ3n) is 5.02. The predicted molar refractivity (Wildman–Crippen MR) is 86.8 cm³/mol. The van der Waals surface area contributed by atoms with Crippen molar-refractivity contribution in [3.8, 4) is 0 Å². The molecule has 1 aromatic carbocycles. The van der Waals surface area contributed by atoms with Crippen molar-refractivity contribution in [2.24, 2.45) is 0 Å². The molecule has 0 spiro atoms. The Labute approximate surface area is 123 Å². The molecule has 0 saturated carbocycles. The van der Waals surface area contributed by atoms with Crippen molar-refractivity contribution in [1.29, 1.82) is 0 Å². The highest BCUT2D eigenvalue weighted by Gasteiger charge is 2.38. The summed E-state index contributed by atoms with van der Waals surface area (Å²) in [7, 11) is 6.41. The number of para-hydroxylation sites is 2. The molecule has 2 fully saturated rings. The Balaban J connectivity index is 1.94. The van der Waals surface area contributed by atoms with Gasteiger partial charge in [0.15, 0.2) is 0 Å². The minimum absolute atomic E-state index is 0.702. The average molecular weight is 273 g/mol. The number of anilines is 2. The van der Waals surface area contributed by atoms with Gasteiger partial charge >= 0.3 is 0 Å². The van der Waals surface area contributed by atoms with Crippen LogP contribution >= 0.6 is 0 Å². The monoisotopic (exact) mass is 273 g/mol. The molecular weight excluding hydrogens is 246 g/mol. The van der Waals surface area contributed by atoms with Crippen molar-refractivity contribution in [3.05, 3.63) is 24.3 Å². The maximum Gasteiger partial charge on any atom is 0.0608 e. The minimum atomic E-state index is 0.702. The van der Waals surface area contributed by atoms with Gasteiger partial charge in [0.1, 0.15) is 0 Å². The lowest BCUT2D eigenvalue weighted by Crippen LogP contribution is -2.56. The second kappa shape index (κ2) is 5.65. The van der Waals surface area contributed by atoms with Gasteiger partial charge < -0.3 is 15.1 Å². The van der Waals surface area contributed by atoms with Crippen molar-refractivity contribution in [1.82, 2.24) is 5.32 Å². The molecule has 2 aliphatic heterocycles. The fourth-order valence-corrected chi connectivity index (χ4v) is 4.07. The Morgan fingerprint density at radius 2 is 1.75 bits per heavy atom. The first-order chi connectivity index (χ1) is 9.70.